The van der Waals surface area contributed by atoms with Crippen molar-refractivity contribution >= 4 is 17.3 Å². The number of nitrogens with zero attached hydrogens (tertiary/aromatic N) is 1. The second kappa shape index (κ2) is 5.91. The van der Waals surface area contributed by atoms with Crippen LogP contribution < -0.4 is 4.74 Å². The third-order valence-electron chi connectivity index (χ3n) is 4.44. The van der Waals surface area contributed by atoms with Gasteiger partial charge in [0.2, 0.25) is 0 Å². The molecule has 4 rings (SSSR count). The van der Waals surface area contributed by atoms with E-state index in [2.05, 4.69) is 18.2 Å². The molecular weight excluding hydrogens is 314 g/mol. The Balaban J connectivity index is 1.90. The number of nitro groups is 1. The summed E-state index contributed by atoms with van der Waals surface area (Å²) in [6.07, 6.45) is 2.06. The Bertz CT molecular complexity index is 1000. The summed E-state index contributed by atoms with van der Waals surface area (Å²) < 4.78 is 5.20. The Kier molecular flexibility index (Phi) is 3.58. The molecule has 0 heterocycles. The van der Waals surface area contributed by atoms with Gasteiger partial charge in [0.1, 0.15) is 5.75 Å². The molecule has 0 bridgehead atoms. The number of nitro benzene ring substituents is 1. The van der Waals surface area contributed by atoms with Crippen LogP contribution in [0.25, 0.3) is 22.8 Å². The van der Waals surface area contributed by atoms with Gasteiger partial charge >= 0.3 is 0 Å². The van der Waals surface area contributed by atoms with Gasteiger partial charge in [-0.3, -0.25) is 10.1 Å². The third-order valence-corrected chi connectivity index (χ3v) is 4.44. The van der Waals surface area contributed by atoms with Gasteiger partial charge in [-0.25, -0.2) is 0 Å². The molecule has 0 fully saturated rings. The van der Waals surface area contributed by atoms with Crippen molar-refractivity contribution in [3.8, 4) is 16.9 Å². The fourth-order valence-corrected chi connectivity index (χ4v) is 3.22. The zero-order valence-electron chi connectivity index (χ0n) is 13.6. The number of fused-ring (bicyclic) bond motifs is 3. The third kappa shape index (κ3) is 2.58. The number of hydrogen-bond donors (Lipinski definition) is 0. The first-order valence-corrected chi connectivity index (χ1v) is 7.92. The Morgan fingerprint density at radius 1 is 0.880 bits per heavy atom. The quantitative estimate of drug-likeness (QED) is 0.385. The number of methoxy groups -OCH3 is 1. The van der Waals surface area contributed by atoms with Gasteiger partial charge in [-0.1, -0.05) is 36.4 Å². The van der Waals surface area contributed by atoms with Crippen molar-refractivity contribution in [1.29, 1.82) is 0 Å². The molecule has 122 valence electrons. The van der Waals surface area contributed by atoms with E-state index in [1.165, 1.54) is 0 Å². The Morgan fingerprint density at radius 3 is 2.24 bits per heavy atom. The van der Waals surface area contributed by atoms with Gasteiger partial charge in [-0.15, -0.1) is 0 Å². The van der Waals surface area contributed by atoms with Crippen LogP contribution in [0.4, 0.5) is 5.69 Å². The molecule has 0 saturated heterocycles. The summed E-state index contributed by atoms with van der Waals surface area (Å²) >= 11 is 0. The van der Waals surface area contributed by atoms with E-state index >= 15 is 0 Å². The lowest BCUT2D eigenvalue weighted by Gasteiger charge is -2.04. The molecular formula is C21H15NO3. The minimum atomic E-state index is -0.353. The summed E-state index contributed by atoms with van der Waals surface area (Å²) in [6.45, 7) is 0. The maximum absolute atomic E-state index is 11.2. The summed E-state index contributed by atoms with van der Waals surface area (Å²) in [5.41, 5.74) is 6.24. The molecule has 1 aliphatic rings. The van der Waals surface area contributed by atoms with Gasteiger partial charge in [0.15, 0.2) is 0 Å². The molecule has 0 amide bonds. The maximum Gasteiger partial charge on any atom is 0.270 e. The summed E-state index contributed by atoms with van der Waals surface area (Å²) in [7, 11) is 1.63. The van der Waals surface area contributed by atoms with E-state index < -0.39 is 0 Å². The molecule has 0 saturated carbocycles. The van der Waals surface area contributed by atoms with Gasteiger partial charge < -0.3 is 4.74 Å². The molecule has 0 N–H and O–H groups in total. The molecule has 0 unspecified atom stereocenters. The molecule has 3 aromatic rings. The number of rotatable bonds is 3. The van der Waals surface area contributed by atoms with Crippen LogP contribution in [0, 0.1) is 10.1 Å². The highest BCUT2D eigenvalue weighted by molar-refractivity contribution is 6.06. The molecule has 0 spiro atoms. The predicted molar refractivity (Wildman–Crippen MR) is 98.5 cm³/mol. The fourth-order valence-electron chi connectivity index (χ4n) is 3.22. The summed E-state index contributed by atoms with van der Waals surface area (Å²) in [5.74, 6) is 0.796. The highest BCUT2D eigenvalue weighted by Crippen LogP contribution is 2.46. The van der Waals surface area contributed by atoms with Crippen LogP contribution in [-0.4, -0.2) is 12.0 Å². The molecule has 1 aliphatic carbocycles. The van der Waals surface area contributed by atoms with E-state index in [9.17, 15) is 10.1 Å². The monoisotopic (exact) mass is 329 g/mol. The number of benzene rings is 3. The molecule has 3 aromatic carbocycles. The first-order chi connectivity index (χ1) is 12.2. The average molecular weight is 329 g/mol. The summed E-state index contributed by atoms with van der Waals surface area (Å²) in [6, 6.07) is 20.9. The van der Waals surface area contributed by atoms with Crippen LogP contribution in [0.1, 0.15) is 16.7 Å². The Morgan fingerprint density at radius 2 is 1.56 bits per heavy atom. The fraction of sp³-hybridized carbons (Fsp3) is 0.0476. The van der Waals surface area contributed by atoms with Crippen molar-refractivity contribution in [2.45, 2.75) is 0 Å². The summed E-state index contributed by atoms with van der Waals surface area (Å²) in [5, 5.41) is 11.2. The van der Waals surface area contributed by atoms with Crippen LogP contribution in [0.3, 0.4) is 0 Å². The van der Waals surface area contributed by atoms with Crippen LogP contribution in [-0.2, 0) is 0 Å². The Labute approximate surface area is 145 Å². The first-order valence-electron chi connectivity index (χ1n) is 7.92. The molecule has 0 atom stereocenters. The largest absolute Gasteiger partial charge is 0.497 e. The zero-order chi connectivity index (χ0) is 17.4. The lowest BCUT2D eigenvalue weighted by Crippen LogP contribution is -1.90. The van der Waals surface area contributed by atoms with E-state index in [1.54, 1.807) is 19.2 Å². The van der Waals surface area contributed by atoms with Crippen molar-refractivity contribution in [3.63, 3.8) is 0 Å². The molecule has 0 aliphatic heterocycles. The maximum atomic E-state index is 11.2. The van der Waals surface area contributed by atoms with Crippen molar-refractivity contribution in [2.24, 2.45) is 0 Å². The zero-order valence-corrected chi connectivity index (χ0v) is 13.6. The molecule has 25 heavy (non-hydrogen) atoms. The smallest absolute Gasteiger partial charge is 0.270 e. The normalized spacial score (nSPS) is 13.4. The van der Waals surface area contributed by atoms with Crippen LogP contribution in [0.15, 0.2) is 66.7 Å². The lowest BCUT2D eigenvalue weighted by molar-refractivity contribution is -0.384. The highest BCUT2D eigenvalue weighted by Gasteiger charge is 2.25. The van der Waals surface area contributed by atoms with Crippen LogP contribution >= 0.6 is 0 Å². The number of ether oxygens (including phenoxy) is 1. The molecule has 4 heteroatoms. The van der Waals surface area contributed by atoms with Crippen molar-refractivity contribution in [2.75, 3.05) is 7.11 Å². The highest BCUT2D eigenvalue weighted by atomic mass is 16.6. The standard InChI is InChI=1S/C21H15NO3/c1-25-16-9-6-14(7-10-16)12-20-18-5-3-2-4-17(18)19-11-8-15(22(23)24)13-21(19)20/h2-13H,1H3/b20-12+. The van der Waals surface area contributed by atoms with Gasteiger partial charge in [0.25, 0.3) is 5.69 Å². The van der Waals surface area contributed by atoms with Crippen molar-refractivity contribution < 1.29 is 9.66 Å². The van der Waals surface area contributed by atoms with E-state index in [-0.39, 0.29) is 10.6 Å². The molecule has 0 aromatic heterocycles. The summed E-state index contributed by atoms with van der Waals surface area (Å²) in [4.78, 5) is 10.8. The van der Waals surface area contributed by atoms with Crippen LogP contribution in [0.5, 0.6) is 5.75 Å². The topological polar surface area (TPSA) is 52.4 Å². The minimum absolute atomic E-state index is 0.104. The van der Waals surface area contributed by atoms with Crippen molar-refractivity contribution in [1.82, 2.24) is 0 Å². The SMILES string of the molecule is COc1ccc(/C=C2\c3ccccc3-c3ccc([N+](=O)[O-])cc32)cc1. The molecule has 4 nitrogen and oxygen atoms in total. The van der Waals surface area contributed by atoms with E-state index in [0.29, 0.717) is 0 Å². The number of non-ortho nitro benzene ring substituents is 1. The Hall–Kier alpha value is -3.40. The van der Waals surface area contributed by atoms with Gasteiger partial charge in [-0.05, 0) is 57.7 Å². The van der Waals surface area contributed by atoms with E-state index in [0.717, 1.165) is 39.1 Å². The van der Waals surface area contributed by atoms with Gasteiger partial charge in [0.05, 0.1) is 12.0 Å². The average Bonchev–Trinajstić information content (AvgIpc) is 2.96. The van der Waals surface area contributed by atoms with Crippen LogP contribution in [0.2, 0.25) is 0 Å². The van der Waals surface area contributed by atoms with Gasteiger partial charge in [-0.2, -0.15) is 0 Å². The first kappa shape index (κ1) is 15.1. The minimum Gasteiger partial charge on any atom is -0.497 e. The van der Waals surface area contributed by atoms with E-state index in [1.807, 2.05) is 42.5 Å². The van der Waals surface area contributed by atoms with Gasteiger partial charge in [0, 0.05) is 12.1 Å². The number of hydrogen-bond acceptors (Lipinski definition) is 3. The van der Waals surface area contributed by atoms with Crippen molar-refractivity contribution in [3.05, 3.63) is 93.5 Å². The van der Waals surface area contributed by atoms with E-state index in [4.69, 9.17) is 4.74 Å². The second-order valence-electron chi connectivity index (χ2n) is 5.86. The second-order valence-corrected chi connectivity index (χ2v) is 5.86. The predicted octanol–water partition coefficient (Wildman–Crippen LogP) is 5.17. The lowest BCUT2D eigenvalue weighted by atomic mass is 10.0. The molecule has 0 radical (unpaired) electrons.